The Kier molecular flexibility index (Phi) is 9.68. The topological polar surface area (TPSA) is 75.7 Å². The second-order valence-corrected chi connectivity index (χ2v) is 10.8. The summed E-state index contributed by atoms with van der Waals surface area (Å²) in [6.07, 6.45) is 0.781. The molecule has 0 spiro atoms. The van der Waals surface area contributed by atoms with Gasteiger partial charge in [0.2, 0.25) is 5.91 Å². The number of carbonyl (C=O) groups is 1. The number of benzene rings is 3. The fourth-order valence-electron chi connectivity index (χ4n) is 3.20. The molecule has 0 fully saturated rings. The molecule has 0 atom stereocenters. The van der Waals surface area contributed by atoms with Crippen LogP contribution < -0.4 is 14.4 Å². The van der Waals surface area contributed by atoms with Crippen molar-refractivity contribution in [1.82, 2.24) is 5.32 Å². The molecule has 0 aliphatic carbocycles. The second kappa shape index (κ2) is 12.7. The number of anilines is 1. The van der Waals surface area contributed by atoms with Crippen LogP contribution in [0.25, 0.3) is 0 Å². The van der Waals surface area contributed by atoms with Gasteiger partial charge in [0.15, 0.2) is 0 Å². The van der Waals surface area contributed by atoms with Crippen LogP contribution in [0.1, 0.15) is 12.0 Å². The minimum Gasteiger partial charge on any atom is -0.495 e. The number of carbonyl (C=O) groups excluding carboxylic acids is 1. The van der Waals surface area contributed by atoms with Crippen LogP contribution in [0.2, 0.25) is 5.02 Å². The number of rotatable bonds is 12. The fraction of sp³-hybridized carbons (Fsp3) is 0.240. The molecule has 6 nitrogen and oxygen atoms in total. The normalized spacial score (nSPS) is 11.1. The average molecular weight is 519 g/mol. The van der Waals surface area contributed by atoms with E-state index in [-0.39, 0.29) is 28.1 Å². The number of ether oxygens (including phenoxy) is 1. The molecule has 1 amide bonds. The Labute approximate surface area is 210 Å². The van der Waals surface area contributed by atoms with Gasteiger partial charge in [0.25, 0.3) is 10.0 Å². The summed E-state index contributed by atoms with van der Waals surface area (Å²) in [5, 5.41) is 3.08. The maximum Gasteiger partial charge on any atom is 0.264 e. The molecule has 34 heavy (non-hydrogen) atoms. The molecule has 0 aromatic heterocycles. The highest BCUT2D eigenvalue weighted by molar-refractivity contribution is 7.98. The first-order valence-electron chi connectivity index (χ1n) is 10.7. The Hall–Kier alpha value is -2.68. The van der Waals surface area contributed by atoms with Crippen molar-refractivity contribution in [1.29, 1.82) is 0 Å². The highest BCUT2D eigenvalue weighted by Crippen LogP contribution is 2.31. The molecule has 0 heterocycles. The Morgan fingerprint density at radius 3 is 2.35 bits per heavy atom. The Morgan fingerprint density at radius 2 is 1.71 bits per heavy atom. The van der Waals surface area contributed by atoms with Gasteiger partial charge in [-0.3, -0.25) is 9.10 Å². The van der Waals surface area contributed by atoms with Crippen LogP contribution in [0.15, 0.2) is 83.8 Å². The third-order valence-electron chi connectivity index (χ3n) is 4.94. The van der Waals surface area contributed by atoms with Gasteiger partial charge in [-0.15, -0.1) is 0 Å². The van der Waals surface area contributed by atoms with Crippen LogP contribution in [-0.4, -0.2) is 40.3 Å². The maximum atomic E-state index is 13.4. The molecule has 0 aliphatic rings. The van der Waals surface area contributed by atoms with Gasteiger partial charge in [0.1, 0.15) is 12.3 Å². The summed E-state index contributed by atoms with van der Waals surface area (Å²) < 4.78 is 32.9. The first-order valence-corrected chi connectivity index (χ1v) is 13.7. The molecule has 9 heteroatoms. The van der Waals surface area contributed by atoms with Crippen molar-refractivity contribution in [3.05, 3.63) is 89.4 Å². The largest absolute Gasteiger partial charge is 0.495 e. The SMILES string of the molecule is COc1ccc(N(CC(=O)NCCCSCc2ccccc2)S(=O)(=O)c2ccccc2)cc1Cl. The average Bonchev–Trinajstić information content (AvgIpc) is 2.85. The second-order valence-electron chi connectivity index (χ2n) is 7.39. The van der Waals surface area contributed by atoms with E-state index < -0.39 is 10.0 Å². The lowest BCUT2D eigenvalue weighted by Gasteiger charge is -2.24. The number of hydrogen-bond acceptors (Lipinski definition) is 5. The van der Waals surface area contributed by atoms with E-state index in [4.69, 9.17) is 16.3 Å². The van der Waals surface area contributed by atoms with E-state index in [2.05, 4.69) is 17.4 Å². The van der Waals surface area contributed by atoms with Crippen LogP contribution >= 0.6 is 23.4 Å². The summed E-state index contributed by atoms with van der Waals surface area (Å²) in [7, 11) is -2.51. The molecule has 3 aromatic carbocycles. The van der Waals surface area contributed by atoms with E-state index in [9.17, 15) is 13.2 Å². The lowest BCUT2D eigenvalue weighted by Crippen LogP contribution is -2.41. The molecule has 0 saturated carbocycles. The minimum absolute atomic E-state index is 0.0899. The van der Waals surface area contributed by atoms with Crippen LogP contribution in [0.4, 0.5) is 5.69 Å². The predicted molar refractivity (Wildman–Crippen MR) is 139 cm³/mol. The summed E-state index contributed by atoms with van der Waals surface area (Å²) in [6.45, 7) is 0.0975. The van der Waals surface area contributed by atoms with E-state index >= 15 is 0 Å². The quantitative estimate of drug-likeness (QED) is 0.342. The van der Waals surface area contributed by atoms with Gasteiger partial charge in [-0.25, -0.2) is 8.42 Å². The highest BCUT2D eigenvalue weighted by Gasteiger charge is 2.27. The molecule has 3 rings (SSSR count). The molecule has 1 N–H and O–H groups in total. The highest BCUT2D eigenvalue weighted by atomic mass is 35.5. The van der Waals surface area contributed by atoms with Crippen molar-refractivity contribution in [2.24, 2.45) is 0 Å². The third-order valence-corrected chi connectivity index (χ3v) is 8.14. The molecule has 0 saturated heterocycles. The van der Waals surface area contributed by atoms with Gasteiger partial charge < -0.3 is 10.1 Å². The van der Waals surface area contributed by atoms with Gasteiger partial charge >= 0.3 is 0 Å². The zero-order valence-corrected chi connectivity index (χ0v) is 21.2. The molecule has 0 unspecified atom stereocenters. The molecule has 0 radical (unpaired) electrons. The Balaban J connectivity index is 1.63. The van der Waals surface area contributed by atoms with Gasteiger partial charge in [-0.05, 0) is 48.1 Å². The molecule has 0 bridgehead atoms. The monoisotopic (exact) mass is 518 g/mol. The van der Waals surface area contributed by atoms with Crippen molar-refractivity contribution in [3.63, 3.8) is 0 Å². The minimum atomic E-state index is -3.99. The van der Waals surface area contributed by atoms with Crippen LogP contribution in [0.3, 0.4) is 0 Å². The lowest BCUT2D eigenvalue weighted by molar-refractivity contribution is -0.119. The first-order chi connectivity index (χ1) is 16.4. The number of amides is 1. The van der Waals surface area contributed by atoms with Crippen LogP contribution in [0, 0.1) is 0 Å². The number of nitrogens with one attached hydrogen (secondary N) is 1. The number of methoxy groups -OCH3 is 1. The molecule has 180 valence electrons. The summed E-state index contributed by atoms with van der Waals surface area (Å²) in [6, 6.07) is 22.8. The number of sulfonamides is 1. The summed E-state index contributed by atoms with van der Waals surface area (Å²) in [5.41, 5.74) is 1.54. The predicted octanol–water partition coefficient (Wildman–Crippen LogP) is 4.98. The third kappa shape index (κ3) is 7.16. The number of thioether (sulfide) groups is 1. The summed E-state index contributed by atoms with van der Waals surface area (Å²) in [4.78, 5) is 12.8. The van der Waals surface area contributed by atoms with Crippen molar-refractivity contribution >= 4 is 45.0 Å². The van der Waals surface area contributed by atoms with Gasteiger partial charge in [-0.1, -0.05) is 60.1 Å². The smallest absolute Gasteiger partial charge is 0.264 e. The Bertz CT molecular complexity index is 1180. The number of halogens is 1. The van der Waals surface area contributed by atoms with Gasteiger partial charge in [-0.2, -0.15) is 11.8 Å². The van der Waals surface area contributed by atoms with Crippen molar-refractivity contribution in [2.75, 3.05) is 30.3 Å². The van der Waals surface area contributed by atoms with Crippen molar-refractivity contribution in [2.45, 2.75) is 17.1 Å². The van der Waals surface area contributed by atoms with E-state index in [1.165, 1.54) is 30.9 Å². The lowest BCUT2D eigenvalue weighted by atomic mass is 10.2. The van der Waals surface area contributed by atoms with E-state index in [1.54, 1.807) is 42.1 Å². The summed E-state index contributed by atoms with van der Waals surface area (Å²) in [5.74, 6) is 1.82. The maximum absolute atomic E-state index is 13.4. The summed E-state index contributed by atoms with van der Waals surface area (Å²) >= 11 is 8.02. The van der Waals surface area contributed by atoms with E-state index in [1.807, 2.05) is 18.2 Å². The van der Waals surface area contributed by atoms with Crippen LogP contribution in [-0.2, 0) is 20.6 Å². The Morgan fingerprint density at radius 1 is 1.03 bits per heavy atom. The first kappa shape index (κ1) is 25.9. The molecular weight excluding hydrogens is 492 g/mol. The number of nitrogens with zero attached hydrogens (tertiary/aromatic N) is 1. The van der Waals surface area contributed by atoms with Gasteiger partial charge in [0.05, 0.1) is 22.7 Å². The number of hydrogen-bond donors (Lipinski definition) is 1. The van der Waals surface area contributed by atoms with E-state index in [0.717, 1.165) is 22.2 Å². The van der Waals surface area contributed by atoms with Gasteiger partial charge in [0, 0.05) is 12.3 Å². The molecular formula is C25H27ClN2O4S2. The van der Waals surface area contributed by atoms with E-state index in [0.29, 0.717) is 12.3 Å². The zero-order chi connectivity index (χ0) is 24.4. The van der Waals surface area contributed by atoms with Crippen molar-refractivity contribution in [3.8, 4) is 5.75 Å². The van der Waals surface area contributed by atoms with Crippen molar-refractivity contribution < 1.29 is 17.9 Å². The zero-order valence-electron chi connectivity index (χ0n) is 18.8. The fourth-order valence-corrected chi connectivity index (χ4v) is 5.80. The molecule has 3 aromatic rings. The standard InChI is InChI=1S/C25H27ClN2O4S2/c1-32-24-14-13-21(17-23(24)26)28(34(30,31)22-11-6-3-7-12-22)18-25(29)27-15-8-16-33-19-20-9-4-2-5-10-20/h2-7,9-14,17H,8,15-16,18-19H2,1H3,(H,27,29). The van der Waals surface area contributed by atoms with Crippen LogP contribution in [0.5, 0.6) is 5.75 Å². The molecule has 0 aliphatic heterocycles.